The number of carbonyl (C=O) groups is 3. The summed E-state index contributed by atoms with van der Waals surface area (Å²) in [7, 11) is 5.12. The van der Waals surface area contributed by atoms with Gasteiger partial charge in [-0.05, 0) is 80.6 Å². The number of rotatable bonds is 11. The molecule has 3 fully saturated rings. The number of fused-ring (bicyclic) bond motifs is 1. The molecule has 0 unspecified atom stereocenters. The van der Waals surface area contributed by atoms with Gasteiger partial charge in [-0.3, -0.25) is 14.6 Å². The summed E-state index contributed by atoms with van der Waals surface area (Å²) in [6, 6.07) is 8.79. The summed E-state index contributed by atoms with van der Waals surface area (Å²) in [6.07, 6.45) is -10.5. The van der Waals surface area contributed by atoms with Crippen LogP contribution in [-0.2, 0) is 49.4 Å². The second-order valence-electron chi connectivity index (χ2n) is 19.8. The van der Waals surface area contributed by atoms with Gasteiger partial charge in [0, 0.05) is 67.4 Å². The van der Waals surface area contributed by atoms with Gasteiger partial charge in [0.15, 0.2) is 12.6 Å². The van der Waals surface area contributed by atoms with Crippen molar-refractivity contribution >= 4 is 28.7 Å². The third-order valence-corrected chi connectivity index (χ3v) is 14.2. The number of Topliss-reactive ketones (excluding diaryl/α,β-unsaturated/α-hetero) is 1. The summed E-state index contributed by atoms with van der Waals surface area (Å²) >= 11 is 0. The van der Waals surface area contributed by atoms with Crippen LogP contribution < -0.4 is 5.32 Å². The molecule has 6 N–H and O–H groups in total. The molecule has 3 aliphatic heterocycles. The summed E-state index contributed by atoms with van der Waals surface area (Å²) in [6.45, 7) is 14.0. The van der Waals surface area contributed by atoms with Crippen molar-refractivity contribution in [2.24, 2.45) is 23.7 Å². The lowest BCUT2D eigenvalue weighted by Gasteiger charge is -2.49. The van der Waals surface area contributed by atoms with E-state index in [0.29, 0.717) is 6.42 Å². The van der Waals surface area contributed by atoms with Crippen molar-refractivity contribution in [2.45, 2.75) is 179 Å². The van der Waals surface area contributed by atoms with E-state index in [2.05, 4.69) is 10.3 Å². The van der Waals surface area contributed by atoms with E-state index in [1.807, 2.05) is 50.2 Å². The molecular weight excluding hydrogens is 859 g/mol. The fourth-order valence-corrected chi connectivity index (χ4v) is 10.0. The Morgan fingerprint density at radius 2 is 1.61 bits per heavy atom. The summed E-state index contributed by atoms with van der Waals surface area (Å²) in [4.78, 5) is 48.1. The molecule has 18 atom stereocenters. The number of amides is 1. The highest BCUT2D eigenvalue weighted by molar-refractivity contribution is 5.84. The SMILES string of the molecule is CO[C@]1(C)C[C@H](O[C@H]2[C@H](C)[C@@H](O[C@H]3O[C@H](C)C[C@H](N(C)C)[C@H]3O)[C@](C)(O)C[C@@H](C)C(=O)[C@H](C)[C@@H](O)[C@](C)(O)[C@@H](CCNC(=O)OCc3ccnc4ccccc34)OC(=O)[C@@H]2C)O[C@@H](C)[C@@H]1O. The smallest absolute Gasteiger partial charge is 0.407 e. The molecule has 1 aromatic carbocycles. The molecule has 3 saturated heterocycles. The zero-order chi connectivity index (χ0) is 49.1. The van der Waals surface area contributed by atoms with Crippen LogP contribution in [0, 0.1) is 23.7 Å². The number of methoxy groups -OCH3 is 1. The summed E-state index contributed by atoms with van der Waals surface area (Å²) in [5, 5.41) is 62.6. The Morgan fingerprint density at radius 3 is 2.27 bits per heavy atom. The summed E-state index contributed by atoms with van der Waals surface area (Å²) in [5.74, 6) is -5.71. The van der Waals surface area contributed by atoms with E-state index in [4.69, 9.17) is 33.2 Å². The van der Waals surface area contributed by atoms with Crippen LogP contribution in [0.3, 0.4) is 0 Å². The van der Waals surface area contributed by atoms with Crippen LogP contribution in [0.4, 0.5) is 4.79 Å². The number of aliphatic hydroxyl groups excluding tert-OH is 3. The normalized spacial score (nSPS) is 41.0. The molecule has 3 aliphatic rings. The van der Waals surface area contributed by atoms with Crippen LogP contribution in [0.25, 0.3) is 10.9 Å². The molecule has 18 nitrogen and oxygen atoms in total. The average molecular weight is 934 g/mol. The minimum atomic E-state index is -2.25. The molecule has 0 saturated carbocycles. The van der Waals surface area contributed by atoms with Gasteiger partial charge >= 0.3 is 12.1 Å². The number of aromatic nitrogens is 1. The molecule has 5 rings (SSSR count). The number of nitrogens with one attached hydrogen (secondary N) is 1. The predicted molar refractivity (Wildman–Crippen MR) is 241 cm³/mol. The van der Waals surface area contributed by atoms with Gasteiger partial charge in [0.1, 0.15) is 36.3 Å². The van der Waals surface area contributed by atoms with Crippen molar-refractivity contribution in [3.8, 4) is 0 Å². The fourth-order valence-electron chi connectivity index (χ4n) is 10.0. The first-order valence-corrected chi connectivity index (χ1v) is 23.1. The monoisotopic (exact) mass is 934 g/mol. The van der Waals surface area contributed by atoms with Gasteiger partial charge in [0.2, 0.25) is 0 Å². The number of hydrogen-bond acceptors (Lipinski definition) is 17. The molecule has 0 radical (unpaired) electrons. The van der Waals surface area contributed by atoms with E-state index < -0.39 is 114 Å². The first kappa shape index (κ1) is 53.6. The Bertz CT molecular complexity index is 1950. The maximum Gasteiger partial charge on any atom is 0.407 e. The Balaban J connectivity index is 1.49. The van der Waals surface area contributed by atoms with Crippen molar-refractivity contribution in [2.75, 3.05) is 27.7 Å². The van der Waals surface area contributed by atoms with Crippen LogP contribution in [0.5, 0.6) is 0 Å². The Hall–Kier alpha value is -3.40. The van der Waals surface area contributed by atoms with Crippen LogP contribution in [0.1, 0.15) is 93.6 Å². The molecule has 1 aromatic heterocycles. The minimum absolute atomic E-state index is 0.0283. The van der Waals surface area contributed by atoms with Gasteiger partial charge in [-0.2, -0.15) is 0 Å². The van der Waals surface area contributed by atoms with E-state index in [9.17, 15) is 39.9 Å². The van der Waals surface area contributed by atoms with E-state index >= 15 is 0 Å². The van der Waals surface area contributed by atoms with E-state index in [0.717, 1.165) is 16.5 Å². The maximum absolute atomic E-state index is 14.7. The van der Waals surface area contributed by atoms with Gasteiger partial charge in [-0.15, -0.1) is 0 Å². The van der Waals surface area contributed by atoms with Crippen molar-refractivity contribution in [3.05, 3.63) is 42.1 Å². The zero-order valence-electron chi connectivity index (χ0n) is 40.6. The molecule has 66 heavy (non-hydrogen) atoms. The topological polar surface area (TPSA) is 245 Å². The van der Waals surface area contributed by atoms with Crippen LogP contribution in [-0.4, -0.2) is 165 Å². The largest absolute Gasteiger partial charge is 0.459 e. The third-order valence-electron chi connectivity index (χ3n) is 14.2. The number of likely N-dealkylation sites (N-methyl/N-ethyl adjacent to an activating group) is 1. The van der Waals surface area contributed by atoms with Crippen LogP contribution in [0.2, 0.25) is 0 Å². The second-order valence-corrected chi connectivity index (χ2v) is 19.8. The number of benzene rings is 1. The van der Waals surface area contributed by atoms with Gasteiger partial charge in [0.25, 0.3) is 0 Å². The van der Waals surface area contributed by atoms with Gasteiger partial charge in [-0.25, -0.2) is 4.79 Å². The Labute approximate surface area is 388 Å². The van der Waals surface area contributed by atoms with Crippen molar-refractivity contribution in [1.29, 1.82) is 0 Å². The first-order valence-electron chi connectivity index (χ1n) is 23.1. The fraction of sp³-hybridized carbons (Fsp3) is 0.750. The highest BCUT2D eigenvalue weighted by Gasteiger charge is 2.53. The highest BCUT2D eigenvalue weighted by atomic mass is 16.7. The molecule has 4 heterocycles. The molecule has 0 aliphatic carbocycles. The number of esters is 1. The number of para-hydroxylation sites is 1. The van der Waals surface area contributed by atoms with Crippen molar-refractivity contribution < 1.29 is 73.1 Å². The number of hydrogen-bond donors (Lipinski definition) is 6. The standard InChI is InChI=1S/C48H75N3O15/c1-25-22-46(7,58)42(66-44-38(53)34(51(10)11)21-26(2)62-44)28(4)39(65-36-23-47(8,60-12)41(55)30(6)63-36)29(5)43(56)64-35(48(9,59)40(54)27(3)37(25)52)18-20-50-45(57)61-24-31-17-19-49-33-16-14-13-15-32(31)33/h13-17,19,25-30,34-36,38-42,44,53-55,58-59H,18,20-24H2,1-12H3,(H,50,57)/t25-,26-,27+,28+,29-,30+,34+,35-,36+,38-,39+,40-,41+,42-,44-,46-,47-,48-/m1/s1. The van der Waals surface area contributed by atoms with Gasteiger partial charge in [0.05, 0.1) is 53.2 Å². The quantitative estimate of drug-likeness (QED) is 0.177. The number of ketones is 1. The molecule has 372 valence electrons. The lowest BCUT2D eigenvalue weighted by atomic mass is 9.74. The highest BCUT2D eigenvalue weighted by Crippen LogP contribution is 2.41. The van der Waals surface area contributed by atoms with Gasteiger partial charge < -0.3 is 68.9 Å². The van der Waals surface area contributed by atoms with E-state index in [1.165, 1.54) is 27.9 Å². The van der Waals surface area contributed by atoms with Crippen LogP contribution >= 0.6 is 0 Å². The maximum atomic E-state index is 14.7. The Morgan fingerprint density at radius 1 is 0.924 bits per heavy atom. The molecular formula is C48H75N3O15. The third kappa shape index (κ3) is 12.1. The van der Waals surface area contributed by atoms with Crippen molar-refractivity contribution in [1.82, 2.24) is 15.2 Å². The summed E-state index contributed by atoms with van der Waals surface area (Å²) < 4.78 is 43.1. The van der Waals surface area contributed by atoms with E-state index in [1.54, 1.807) is 46.9 Å². The van der Waals surface area contributed by atoms with Crippen LogP contribution in [0.15, 0.2) is 36.5 Å². The lowest BCUT2D eigenvalue weighted by Crippen LogP contribution is -2.61. The number of ether oxygens (including phenoxy) is 7. The van der Waals surface area contributed by atoms with E-state index in [-0.39, 0.29) is 44.6 Å². The van der Waals surface area contributed by atoms with Crippen molar-refractivity contribution in [3.63, 3.8) is 0 Å². The number of alkyl carbamates (subject to hydrolysis) is 1. The molecule has 0 bridgehead atoms. The summed E-state index contributed by atoms with van der Waals surface area (Å²) in [5.41, 5.74) is -3.78. The number of aliphatic hydroxyl groups is 5. The van der Waals surface area contributed by atoms with Gasteiger partial charge in [-0.1, -0.05) is 39.0 Å². The first-order chi connectivity index (χ1) is 30.8. The number of cyclic esters (lactones) is 1. The minimum Gasteiger partial charge on any atom is -0.459 e. The zero-order valence-corrected chi connectivity index (χ0v) is 40.6. The number of carbonyl (C=O) groups excluding carboxylic acids is 3. The molecule has 2 aromatic rings. The average Bonchev–Trinajstić information content (AvgIpc) is 3.26. The Kier molecular flexibility index (Phi) is 17.8. The predicted octanol–water partition coefficient (Wildman–Crippen LogP) is 3.24. The molecule has 0 spiro atoms. The number of nitrogens with zero attached hydrogens (tertiary/aromatic N) is 2. The second kappa shape index (κ2) is 21.9. The molecule has 18 heteroatoms. The number of pyridine rings is 1. The molecule has 1 amide bonds. The lowest BCUT2D eigenvalue weighted by molar-refractivity contribution is -0.318.